The van der Waals surface area contributed by atoms with Crippen LogP contribution in [0.1, 0.15) is 18.1 Å². The molecule has 1 aliphatic rings. The first-order valence-corrected chi connectivity index (χ1v) is 9.47. The molecule has 7 heteroatoms. The summed E-state index contributed by atoms with van der Waals surface area (Å²) >= 11 is 12.5. The third-order valence-corrected chi connectivity index (χ3v) is 5.23. The van der Waals surface area contributed by atoms with Crippen molar-refractivity contribution in [3.05, 3.63) is 57.8 Å². The first-order chi connectivity index (χ1) is 12.6. The lowest BCUT2D eigenvalue weighted by atomic mass is 10.2. The standard InChI is InChI=1S/C19H22Cl2N4O/c1-2-25-13-15(12-22-25)6-7-19(26)24-10-8-23(9-11-24)14-16-17(20)4-3-5-18(16)21/h3-7,12-13H,2,8-11,14H2,1H3/b7-6+. The highest BCUT2D eigenvalue weighted by atomic mass is 35.5. The van der Waals surface area contributed by atoms with Gasteiger partial charge in [0.05, 0.1) is 6.20 Å². The molecule has 138 valence electrons. The third-order valence-electron chi connectivity index (χ3n) is 4.52. The Bertz CT molecular complexity index is 774. The zero-order chi connectivity index (χ0) is 18.5. The molecule has 0 aliphatic carbocycles. The zero-order valence-electron chi connectivity index (χ0n) is 14.7. The molecule has 1 amide bonds. The minimum atomic E-state index is 0.0321. The van der Waals surface area contributed by atoms with Gasteiger partial charge in [0.25, 0.3) is 0 Å². The van der Waals surface area contributed by atoms with Crippen LogP contribution in [0.15, 0.2) is 36.7 Å². The van der Waals surface area contributed by atoms with Gasteiger partial charge in [0.15, 0.2) is 0 Å². The molecule has 1 aliphatic heterocycles. The first-order valence-electron chi connectivity index (χ1n) is 8.71. The number of hydrogen-bond donors (Lipinski definition) is 0. The van der Waals surface area contributed by atoms with E-state index in [2.05, 4.69) is 10.00 Å². The topological polar surface area (TPSA) is 41.4 Å². The molecular formula is C19H22Cl2N4O. The van der Waals surface area contributed by atoms with Crippen molar-refractivity contribution in [2.24, 2.45) is 0 Å². The van der Waals surface area contributed by atoms with Gasteiger partial charge in [-0.2, -0.15) is 5.10 Å². The molecule has 0 atom stereocenters. The molecule has 1 aromatic heterocycles. The summed E-state index contributed by atoms with van der Waals surface area (Å²) in [6, 6.07) is 5.56. The van der Waals surface area contributed by atoms with E-state index in [1.807, 2.05) is 47.0 Å². The highest BCUT2D eigenvalue weighted by Gasteiger charge is 2.21. The monoisotopic (exact) mass is 392 g/mol. The predicted molar refractivity (Wildman–Crippen MR) is 105 cm³/mol. The highest BCUT2D eigenvalue weighted by molar-refractivity contribution is 6.35. The SMILES string of the molecule is CCn1cc(/C=C/C(=O)N2CCN(Cc3c(Cl)cccc3Cl)CC2)cn1. The van der Waals surface area contributed by atoms with Crippen LogP contribution in [0.3, 0.4) is 0 Å². The molecule has 0 spiro atoms. The van der Waals surface area contributed by atoms with Crippen LogP contribution in [-0.4, -0.2) is 51.7 Å². The Kier molecular flexibility index (Phi) is 6.35. The van der Waals surface area contributed by atoms with E-state index in [0.29, 0.717) is 29.7 Å². The van der Waals surface area contributed by atoms with Crippen LogP contribution < -0.4 is 0 Å². The maximum atomic E-state index is 12.4. The Labute approximate surface area is 163 Å². The molecule has 3 rings (SSSR count). The predicted octanol–water partition coefficient (Wildman–Crippen LogP) is 3.57. The zero-order valence-corrected chi connectivity index (χ0v) is 16.2. The van der Waals surface area contributed by atoms with Crippen molar-refractivity contribution in [2.45, 2.75) is 20.0 Å². The molecule has 26 heavy (non-hydrogen) atoms. The number of carbonyl (C=O) groups is 1. The number of amides is 1. The average Bonchev–Trinajstić information content (AvgIpc) is 3.11. The van der Waals surface area contributed by atoms with E-state index in [4.69, 9.17) is 23.2 Å². The largest absolute Gasteiger partial charge is 0.337 e. The molecule has 0 N–H and O–H groups in total. The van der Waals surface area contributed by atoms with Crippen LogP contribution in [0.25, 0.3) is 6.08 Å². The molecule has 1 fully saturated rings. The van der Waals surface area contributed by atoms with Gasteiger partial charge in [-0.05, 0) is 25.1 Å². The van der Waals surface area contributed by atoms with Gasteiger partial charge < -0.3 is 4.90 Å². The fourth-order valence-electron chi connectivity index (χ4n) is 2.94. The number of carbonyl (C=O) groups excluding carboxylic acids is 1. The number of halogens is 2. The fraction of sp³-hybridized carbons (Fsp3) is 0.368. The summed E-state index contributed by atoms with van der Waals surface area (Å²) in [5.74, 6) is 0.0321. The maximum Gasteiger partial charge on any atom is 0.246 e. The number of rotatable bonds is 5. The van der Waals surface area contributed by atoms with E-state index >= 15 is 0 Å². The van der Waals surface area contributed by atoms with Crippen molar-refractivity contribution < 1.29 is 4.79 Å². The quantitative estimate of drug-likeness (QED) is 0.730. The maximum absolute atomic E-state index is 12.4. The molecule has 0 radical (unpaired) electrons. The summed E-state index contributed by atoms with van der Waals surface area (Å²) in [5, 5.41) is 5.57. The van der Waals surface area contributed by atoms with Crippen LogP contribution in [0.5, 0.6) is 0 Å². The van der Waals surface area contributed by atoms with Crippen LogP contribution in [0, 0.1) is 0 Å². The number of piperazine rings is 1. The molecule has 1 aromatic carbocycles. The number of benzene rings is 1. The Morgan fingerprint density at radius 1 is 1.19 bits per heavy atom. The second-order valence-electron chi connectivity index (χ2n) is 6.26. The Morgan fingerprint density at radius 2 is 1.88 bits per heavy atom. The van der Waals surface area contributed by atoms with E-state index < -0.39 is 0 Å². The van der Waals surface area contributed by atoms with Crippen molar-refractivity contribution in [3.8, 4) is 0 Å². The smallest absolute Gasteiger partial charge is 0.246 e. The number of hydrogen-bond acceptors (Lipinski definition) is 3. The van der Waals surface area contributed by atoms with Gasteiger partial charge in [0.2, 0.25) is 5.91 Å². The Morgan fingerprint density at radius 3 is 2.50 bits per heavy atom. The lowest BCUT2D eigenvalue weighted by molar-refractivity contribution is -0.127. The Balaban J connectivity index is 1.52. The molecule has 0 bridgehead atoms. The van der Waals surface area contributed by atoms with Gasteiger partial charge in [-0.25, -0.2) is 0 Å². The van der Waals surface area contributed by atoms with Gasteiger partial charge >= 0.3 is 0 Å². The summed E-state index contributed by atoms with van der Waals surface area (Å²) in [5.41, 5.74) is 1.88. The summed E-state index contributed by atoms with van der Waals surface area (Å²) in [6.45, 7) is 6.54. The van der Waals surface area contributed by atoms with Crippen molar-refractivity contribution in [1.82, 2.24) is 19.6 Å². The number of nitrogens with zero attached hydrogens (tertiary/aromatic N) is 4. The lowest BCUT2D eigenvalue weighted by Crippen LogP contribution is -2.47. The van der Waals surface area contributed by atoms with Crippen LogP contribution in [-0.2, 0) is 17.9 Å². The van der Waals surface area contributed by atoms with Crippen LogP contribution >= 0.6 is 23.2 Å². The summed E-state index contributed by atoms with van der Waals surface area (Å²) < 4.78 is 1.84. The number of aromatic nitrogens is 2. The van der Waals surface area contributed by atoms with Gasteiger partial charge in [0, 0.05) is 72.7 Å². The molecule has 1 saturated heterocycles. The van der Waals surface area contributed by atoms with Crippen molar-refractivity contribution >= 4 is 35.2 Å². The van der Waals surface area contributed by atoms with Gasteiger partial charge in [-0.3, -0.25) is 14.4 Å². The summed E-state index contributed by atoms with van der Waals surface area (Å²) in [4.78, 5) is 16.5. The van der Waals surface area contributed by atoms with Gasteiger partial charge in [-0.1, -0.05) is 29.3 Å². The van der Waals surface area contributed by atoms with E-state index in [9.17, 15) is 4.79 Å². The first kappa shape index (κ1) is 19.0. The second-order valence-corrected chi connectivity index (χ2v) is 7.08. The van der Waals surface area contributed by atoms with Gasteiger partial charge in [0.1, 0.15) is 0 Å². The number of aryl methyl sites for hydroxylation is 1. The minimum absolute atomic E-state index is 0.0321. The molecular weight excluding hydrogens is 371 g/mol. The van der Waals surface area contributed by atoms with E-state index in [0.717, 1.165) is 30.8 Å². The molecule has 2 heterocycles. The van der Waals surface area contributed by atoms with Crippen LogP contribution in [0.4, 0.5) is 0 Å². The summed E-state index contributed by atoms with van der Waals surface area (Å²) in [7, 11) is 0. The van der Waals surface area contributed by atoms with E-state index in [-0.39, 0.29) is 5.91 Å². The summed E-state index contributed by atoms with van der Waals surface area (Å²) in [6.07, 6.45) is 7.13. The highest BCUT2D eigenvalue weighted by Crippen LogP contribution is 2.26. The normalized spacial score (nSPS) is 15.7. The van der Waals surface area contributed by atoms with Crippen molar-refractivity contribution in [3.63, 3.8) is 0 Å². The third kappa shape index (κ3) is 4.67. The van der Waals surface area contributed by atoms with Gasteiger partial charge in [-0.15, -0.1) is 0 Å². The molecule has 2 aromatic rings. The second kappa shape index (κ2) is 8.71. The van der Waals surface area contributed by atoms with Crippen molar-refractivity contribution in [2.75, 3.05) is 26.2 Å². The lowest BCUT2D eigenvalue weighted by Gasteiger charge is -2.34. The average molecular weight is 393 g/mol. The van der Waals surface area contributed by atoms with Crippen LogP contribution in [0.2, 0.25) is 10.0 Å². The Hall–Kier alpha value is -1.82. The minimum Gasteiger partial charge on any atom is -0.337 e. The van der Waals surface area contributed by atoms with E-state index in [1.54, 1.807) is 12.3 Å². The molecule has 0 unspecified atom stereocenters. The van der Waals surface area contributed by atoms with E-state index in [1.165, 1.54) is 0 Å². The van der Waals surface area contributed by atoms with Crippen molar-refractivity contribution in [1.29, 1.82) is 0 Å². The fourth-order valence-corrected chi connectivity index (χ4v) is 3.46. The molecule has 5 nitrogen and oxygen atoms in total. The molecule has 0 saturated carbocycles.